The van der Waals surface area contributed by atoms with Gasteiger partial charge in [-0.25, -0.2) is 0 Å². The number of carboxylic acid groups (broad SMARTS) is 1. The summed E-state index contributed by atoms with van der Waals surface area (Å²) in [6, 6.07) is 20.5. The number of aliphatic carboxylic acids is 1. The van der Waals surface area contributed by atoms with E-state index in [2.05, 4.69) is 40.0 Å². The zero-order valence-corrected chi connectivity index (χ0v) is 20.9. The van der Waals surface area contributed by atoms with Crippen molar-refractivity contribution < 1.29 is 23.1 Å². The summed E-state index contributed by atoms with van der Waals surface area (Å²) in [5, 5.41) is 11.4. The number of ether oxygens (including phenoxy) is 1. The van der Waals surface area contributed by atoms with Crippen molar-refractivity contribution in [1.29, 1.82) is 0 Å². The summed E-state index contributed by atoms with van der Waals surface area (Å²) in [4.78, 5) is 13.2. The van der Waals surface area contributed by atoms with Gasteiger partial charge in [-0.3, -0.25) is 4.79 Å². The zero-order valence-electron chi connectivity index (χ0n) is 20.1. The van der Waals surface area contributed by atoms with Gasteiger partial charge in [-0.15, -0.1) is 0 Å². The van der Waals surface area contributed by atoms with Gasteiger partial charge in [0.25, 0.3) is 10.2 Å². The van der Waals surface area contributed by atoms with E-state index in [1.54, 1.807) is 0 Å². The topological polar surface area (TPSA) is 99.2 Å². The van der Waals surface area contributed by atoms with Crippen LogP contribution in [0.2, 0.25) is 0 Å². The quantitative estimate of drug-likeness (QED) is 0.493. The Morgan fingerprint density at radius 2 is 1.66 bits per heavy atom. The van der Waals surface area contributed by atoms with Crippen molar-refractivity contribution in [3.05, 3.63) is 72.3 Å². The summed E-state index contributed by atoms with van der Waals surface area (Å²) in [5.74, 6) is -0.452. The predicted molar refractivity (Wildman–Crippen MR) is 137 cm³/mol. The SMILES string of the molecule is C[C@@H]1CN(c2ccc(OCc3ccc4ccccc4c3)cc2)C[C@H](C)N1S(=O)(=O)N[C@H](C)C(=O)O. The molecule has 1 aliphatic rings. The molecule has 3 aromatic rings. The first-order chi connectivity index (χ1) is 16.6. The van der Waals surface area contributed by atoms with Gasteiger partial charge in [-0.05, 0) is 67.4 Å². The maximum atomic E-state index is 12.8. The van der Waals surface area contributed by atoms with Crippen molar-refractivity contribution in [2.75, 3.05) is 18.0 Å². The Morgan fingerprint density at radius 3 is 2.29 bits per heavy atom. The molecule has 2 N–H and O–H groups in total. The van der Waals surface area contributed by atoms with Crippen molar-refractivity contribution in [2.24, 2.45) is 0 Å². The average molecular weight is 498 g/mol. The fraction of sp³-hybridized carbons (Fsp3) is 0.346. The largest absolute Gasteiger partial charge is 0.489 e. The summed E-state index contributed by atoms with van der Waals surface area (Å²) in [7, 11) is -3.93. The first-order valence-corrected chi connectivity index (χ1v) is 13.1. The normalized spacial score (nSPS) is 20.0. The Kier molecular flexibility index (Phi) is 7.30. The summed E-state index contributed by atoms with van der Waals surface area (Å²) in [6.45, 7) is 6.42. The van der Waals surface area contributed by atoms with Gasteiger partial charge in [-0.1, -0.05) is 36.4 Å². The van der Waals surface area contributed by atoms with Crippen LogP contribution in [0.4, 0.5) is 5.69 Å². The van der Waals surface area contributed by atoms with Crippen LogP contribution < -0.4 is 14.4 Å². The molecule has 0 aromatic heterocycles. The highest BCUT2D eigenvalue weighted by Crippen LogP contribution is 2.27. The van der Waals surface area contributed by atoms with E-state index in [9.17, 15) is 13.2 Å². The molecule has 0 amide bonds. The Morgan fingerprint density at radius 1 is 1.03 bits per heavy atom. The van der Waals surface area contributed by atoms with Crippen LogP contribution in [0.25, 0.3) is 10.8 Å². The van der Waals surface area contributed by atoms with Crippen LogP contribution in [0, 0.1) is 0 Å². The van der Waals surface area contributed by atoms with Crippen LogP contribution in [0.5, 0.6) is 5.75 Å². The summed E-state index contributed by atoms with van der Waals surface area (Å²) < 4.78 is 35.2. The highest BCUT2D eigenvalue weighted by Gasteiger charge is 2.38. The van der Waals surface area contributed by atoms with E-state index in [1.807, 2.05) is 50.2 Å². The molecule has 1 aliphatic heterocycles. The second kappa shape index (κ2) is 10.2. The molecule has 3 aromatic carbocycles. The third-order valence-corrected chi connectivity index (χ3v) is 8.16. The number of nitrogens with zero attached hydrogens (tertiary/aromatic N) is 2. The molecular weight excluding hydrogens is 466 g/mol. The Balaban J connectivity index is 1.38. The van der Waals surface area contributed by atoms with Crippen molar-refractivity contribution in [1.82, 2.24) is 9.03 Å². The predicted octanol–water partition coefficient (Wildman–Crippen LogP) is 3.63. The minimum Gasteiger partial charge on any atom is -0.489 e. The standard InChI is InChI=1S/C26H31N3O5S/c1-18-15-28(16-19(2)29(18)35(32,33)27-20(3)26(30)31)24-10-12-25(13-11-24)34-17-21-8-9-22-6-4-5-7-23(22)14-21/h4-14,18-20,27H,15-17H2,1-3H3,(H,30,31)/t18-,19+,20-/m1/s1. The number of rotatable bonds is 8. The molecule has 186 valence electrons. The van der Waals surface area contributed by atoms with Crippen LogP contribution in [0.15, 0.2) is 66.7 Å². The lowest BCUT2D eigenvalue weighted by molar-refractivity contribution is -0.138. The maximum Gasteiger partial charge on any atom is 0.321 e. The minimum atomic E-state index is -3.93. The second-order valence-corrected chi connectivity index (χ2v) is 10.7. The summed E-state index contributed by atoms with van der Waals surface area (Å²) >= 11 is 0. The summed E-state index contributed by atoms with van der Waals surface area (Å²) in [6.07, 6.45) is 0. The van der Waals surface area contributed by atoms with Gasteiger partial charge in [0, 0.05) is 30.9 Å². The Bertz CT molecular complexity index is 1280. The number of nitrogens with one attached hydrogen (secondary N) is 1. The number of hydrogen-bond donors (Lipinski definition) is 2. The Hall–Kier alpha value is -3.14. The number of benzene rings is 3. The Labute approximate surface area is 206 Å². The van der Waals surface area contributed by atoms with Crippen LogP contribution in [-0.2, 0) is 21.6 Å². The van der Waals surface area contributed by atoms with E-state index >= 15 is 0 Å². The third kappa shape index (κ3) is 5.75. The lowest BCUT2D eigenvalue weighted by atomic mass is 10.1. The monoisotopic (exact) mass is 497 g/mol. The second-order valence-electron chi connectivity index (χ2n) is 9.08. The number of fused-ring (bicyclic) bond motifs is 1. The van der Waals surface area contributed by atoms with Crippen molar-refractivity contribution in [3.63, 3.8) is 0 Å². The number of anilines is 1. The van der Waals surface area contributed by atoms with Crippen molar-refractivity contribution in [2.45, 2.75) is 45.5 Å². The van der Waals surface area contributed by atoms with Gasteiger partial charge in [0.2, 0.25) is 0 Å². The van der Waals surface area contributed by atoms with Gasteiger partial charge in [0.15, 0.2) is 0 Å². The zero-order chi connectivity index (χ0) is 25.2. The van der Waals surface area contributed by atoms with E-state index in [-0.39, 0.29) is 12.1 Å². The van der Waals surface area contributed by atoms with Gasteiger partial charge >= 0.3 is 5.97 Å². The van der Waals surface area contributed by atoms with Gasteiger partial charge in [-0.2, -0.15) is 17.4 Å². The lowest BCUT2D eigenvalue weighted by Gasteiger charge is -2.44. The third-order valence-electron chi connectivity index (χ3n) is 6.23. The molecular formula is C26H31N3O5S. The molecule has 3 atom stereocenters. The van der Waals surface area contributed by atoms with E-state index in [1.165, 1.54) is 22.0 Å². The van der Waals surface area contributed by atoms with Crippen molar-refractivity contribution >= 4 is 32.6 Å². The highest BCUT2D eigenvalue weighted by atomic mass is 32.2. The molecule has 8 nitrogen and oxygen atoms in total. The van der Waals surface area contributed by atoms with Crippen LogP contribution in [0.1, 0.15) is 26.3 Å². The van der Waals surface area contributed by atoms with Crippen molar-refractivity contribution in [3.8, 4) is 5.75 Å². The van der Waals surface area contributed by atoms with Crippen LogP contribution in [0.3, 0.4) is 0 Å². The first-order valence-electron chi connectivity index (χ1n) is 11.6. The fourth-order valence-corrected chi connectivity index (χ4v) is 6.33. The molecule has 1 heterocycles. The van der Waals surface area contributed by atoms with E-state index in [0.29, 0.717) is 19.7 Å². The highest BCUT2D eigenvalue weighted by molar-refractivity contribution is 7.87. The maximum absolute atomic E-state index is 12.8. The van der Waals surface area contributed by atoms with Crippen LogP contribution >= 0.6 is 0 Å². The fourth-order valence-electron chi connectivity index (χ4n) is 4.58. The number of piperazine rings is 1. The van der Waals surface area contributed by atoms with Gasteiger partial charge in [0.1, 0.15) is 18.4 Å². The summed E-state index contributed by atoms with van der Waals surface area (Å²) in [5.41, 5.74) is 2.07. The van der Waals surface area contributed by atoms with Crippen LogP contribution in [-0.4, -0.2) is 55.0 Å². The molecule has 0 spiro atoms. The number of hydrogen-bond acceptors (Lipinski definition) is 5. The molecule has 0 bridgehead atoms. The van der Waals surface area contributed by atoms with E-state index in [0.717, 1.165) is 17.0 Å². The smallest absolute Gasteiger partial charge is 0.321 e. The number of carboxylic acids is 1. The molecule has 9 heteroatoms. The average Bonchev–Trinajstić information content (AvgIpc) is 2.82. The van der Waals surface area contributed by atoms with Gasteiger partial charge < -0.3 is 14.7 Å². The molecule has 1 saturated heterocycles. The number of carbonyl (C=O) groups is 1. The molecule has 1 fully saturated rings. The van der Waals surface area contributed by atoms with E-state index < -0.39 is 22.2 Å². The molecule has 4 rings (SSSR count). The molecule has 0 radical (unpaired) electrons. The first kappa shape index (κ1) is 25.0. The molecule has 0 saturated carbocycles. The van der Waals surface area contributed by atoms with E-state index in [4.69, 9.17) is 9.84 Å². The van der Waals surface area contributed by atoms with Gasteiger partial charge in [0.05, 0.1) is 0 Å². The minimum absolute atomic E-state index is 0.332. The molecule has 0 unspecified atom stereocenters. The molecule has 35 heavy (non-hydrogen) atoms. The molecule has 0 aliphatic carbocycles. The lowest BCUT2D eigenvalue weighted by Crippen LogP contribution is -2.62.